The first-order chi connectivity index (χ1) is 9.68. The molecule has 1 aliphatic rings. The van der Waals surface area contributed by atoms with Crippen molar-refractivity contribution < 1.29 is 4.79 Å². The van der Waals surface area contributed by atoms with Crippen molar-refractivity contribution in [3.05, 3.63) is 33.2 Å². The topological polar surface area (TPSA) is 76.0 Å². The summed E-state index contributed by atoms with van der Waals surface area (Å²) in [6.45, 7) is 0. The second kappa shape index (κ2) is 7.27. The Labute approximate surface area is 119 Å². The van der Waals surface area contributed by atoms with Gasteiger partial charge in [0, 0.05) is 5.69 Å². The van der Waals surface area contributed by atoms with E-state index in [0.717, 1.165) is 36.9 Å². The summed E-state index contributed by atoms with van der Waals surface area (Å²) in [5, 5.41) is 0. The number of aromatic nitrogens is 1. The Balaban J connectivity index is 2.24. The van der Waals surface area contributed by atoms with E-state index in [4.69, 9.17) is 5.73 Å². The molecule has 4 heteroatoms. The molecule has 0 saturated heterocycles. The third kappa shape index (κ3) is 3.95. The van der Waals surface area contributed by atoms with Crippen molar-refractivity contribution in [2.24, 2.45) is 5.73 Å². The number of aryl methyl sites for hydroxylation is 2. The van der Waals surface area contributed by atoms with Gasteiger partial charge in [0.15, 0.2) is 0 Å². The van der Waals surface area contributed by atoms with E-state index in [9.17, 15) is 9.59 Å². The van der Waals surface area contributed by atoms with E-state index < -0.39 is 5.91 Å². The SMILES string of the molecule is NC(=O)c1cc2c([nH]c1=O)CCCCCCCCCC2. The van der Waals surface area contributed by atoms with Crippen LogP contribution in [-0.4, -0.2) is 10.9 Å². The predicted octanol–water partition coefficient (Wildman–Crippen LogP) is 2.69. The Morgan fingerprint density at radius 3 is 2.10 bits per heavy atom. The fourth-order valence-corrected chi connectivity index (χ4v) is 2.92. The molecule has 0 spiro atoms. The third-order valence-electron chi connectivity index (χ3n) is 4.10. The van der Waals surface area contributed by atoms with Crippen LogP contribution in [-0.2, 0) is 12.8 Å². The molecule has 0 aromatic carbocycles. The van der Waals surface area contributed by atoms with Crippen LogP contribution in [0.25, 0.3) is 0 Å². The first-order valence-corrected chi connectivity index (χ1v) is 7.73. The van der Waals surface area contributed by atoms with E-state index in [-0.39, 0.29) is 11.1 Å². The molecule has 0 fully saturated rings. The molecule has 1 amide bonds. The number of rotatable bonds is 1. The lowest BCUT2D eigenvalue weighted by atomic mass is 9.97. The molecule has 0 bridgehead atoms. The molecule has 3 N–H and O–H groups in total. The second-order valence-corrected chi connectivity index (χ2v) is 5.71. The van der Waals surface area contributed by atoms with Gasteiger partial charge in [0.25, 0.3) is 11.5 Å². The minimum atomic E-state index is -0.639. The van der Waals surface area contributed by atoms with E-state index in [0.29, 0.717) is 0 Å². The molecule has 1 heterocycles. The number of primary amides is 1. The fourth-order valence-electron chi connectivity index (χ4n) is 2.92. The van der Waals surface area contributed by atoms with Crippen molar-refractivity contribution in [1.29, 1.82) is 0 Å². The zero-order chi connectivity index (χ0) is 14.4. The van der Waals surface area contributed by atoms with E-state index in [2.05, 4.69) is 4.98 Å². The van der Waals surface area contributed by atoms with Crippen molar-refractivity contribution in [3.63, 3.8) is 0 Å². The standard InChI is InChI=1S/C16H24N2O2/c17-15(19)13-11-12-9-7-5-3-1-2-4-6-8-10-14(12)18-16(13)20/h11H,1-10H2,(H2,17,19)(H,18,20). The highest BCUT2D eigenvalue weighted by Crippen LogP contribution is 2.17. The zero-order valence-electron chi connectivity index (χ0n) is 12.0. The Hall–Kier alpha value is -1.58. The van der Waals surface area contributed by atoms with Gasteiger partial charge in [-0.25, -0.2) is 0 Å². The summed E-state index contributed by atoms with van der Waals surface area (Å²) >= 11 is 0. The molecule has 1 aromatic rings. The second-order valence-electron chi connectivity index (χ2n) is 5.71. The largest absolute Gasteiger partial charge is 0.365 e. The minimum Gasteiger partial charge on any atom is -0.365 e. The highest BCUT2D eigenvalue weighted by molar-refractivity contribution is 5.92. The van der Waals surface area contributed by atoms with Crippen molar-refractivity contribution >= 4 is 5.91 Å². The summed E-state index contributed by atoms with van der Waals surface area (Å²) in [5.74, 6) is -0.639. The molecule has 1 aromatic heterocycles. The van der Waals surface area contributed by atoms with Gasteiger partial charge in [-0.3, -0.25) is 9.59 Å². The summed E-state index contributed by atoms with van der Waals surface area (Å²) in [7, 11) is 0. The Bertz CT molecular complexity index is 520. The molecule has 20 heavy (non-hydrogen) atoms. The van der Waals surface area contributed by atoms with Gasteiger partial charge in [0.2, 0.25) is 0 Å². The van der Waals surface area contributed by atoms with Gasteiger partial charge in [-0.1, -0.05) is 38.5 Å². The molecular weight excluding hydrogens is 252 g/mol. The molecule has 0 unspecified atom stereocenters. The van der Waals surface area contributed by atoms with E-state index in [1.165, 1.54) is 38.5 Å². The average Bonchev–Trinajstić information content (AvgIpc) is 2.40. The van der Waals surface area contributed by atoms with Crippen molar-refractivity contribution in [3.8, 4) is 0 Å². The average molecular weight is 276 g/mol. The molecule has 0 atom stereocenters. The summed E-state index contributed by atoms with van der Waals surface area (Å²) in [5.41, 5.74) is 7.11. The third-order valence-corrected chi connectivity index (χ3v) is 4.10. The highest BCUT2D eigenvalue weighted by Gasteiger charge is 2.12. The number of hydrogen-bond acceptors (Lipinski definition) is 2. The monoisotopic (exact) mass is 276 g/mol. The van der Waals surface area contributed by atoms with Crippen LogP contribution in [0.5, 0.6) is 0 Å². The maximum absolute atomic E-state index is 11.9. The van der Waals surface area contributed by atoms with E-state index in [1.807, 2.05) is 0 Å². The first kappa shape index (κ1) is 14.8. The molecule has 0 radical (unpaired) electrons. The molecule has 0 aliphatic heterocycles. The predicted molar refractivity (Wildman–Crippen MR) is 79.9 cm³/mol. The van der Waals surface area contributed by atoms with Crippen LogP contribution in [0.3, 0.4) is 0 Å². The number of H-pyrrole nitrogens is 1. The van der Waals surface area contributed by atoms with Crippen LogP contribution < -0.4 is 11.3 Å². The van der Waals surface area contributed by atoms with Gasteiger partial charge < -0.3 is 10.7 Å². The fraction of sp³-hybridized carbons (Fsp3) is 0.625. The molecule has 4 nitrogen and oxygen atoms in total. The smallest absolute Gasteiger partial charge is 0.261 e. The van der Waals surface area contributed by atoms with Crippen molar-refractivity contribution in [2.75, 3.05) is 0 Å². The van der Waals surface area contributed by atoms with Gasteiger partial charge in [-0.2, -0.15) is 0 Å². The van der Waals surface area contributed by atoms with Crippen LogP contribution in [0.4, 0.5) is 0 Å². The van der Waals surface area contributed by atoms with E-state index in [1.54, 1.807) is 6.07 Å². The van der Waals surface area contributed by atoms with Crippen molar-refractivity contribution in [2.45, 2.75) is 64.2 Å². The van der Waals surface area contributed by atoms with Crippen molar-refractivity contribution in [1.82, 2.24) is 4.98 Å². The number of hydrogen-bond donors (Lipinski definition) is 2. The molecular formula is C16H24N2O2. The molecule has 1 aliphatic carbocycles. The van der Waals surface area contributed by atoms with Gasteiger partial charge >= 0.3 is 0 Å². The summed E-state index contributed by atoms with van der Waals surface area (Å²) in [6, 6.07) is 1.71. The lowest BCUT2D eigenvalue weighted by Gasteiger charge is -2.12. The number of aromatic amines is 1. The number of pyridine rings is 1. The molecule has 2 rings (SSSR count). The molecule has 0 saturated carbocycles. The highest BCUT2D eigenvalue weighted by atomic mass is 16.2. The van der Waals surface area contributed by atoms with Crippen LogP contribution >= 0.6 is 0 Å². The van der Waals surface area contributed by atoms with Crippen LogP contribution in [0.1, 0.15) is 73.0 Å². The number of carbonyl (C=O) groups is 1. The summed E-state index contributed by atoms with van der Waals surface area (Å²) in [4.78, 5) is 26.0. The Kier molecular flexibility index (Phi) is 5.39. The van der Waals surface area contributed by atoms with Gasteiger partial charge in [-0.15, -0.1) is 0 Å². The Morgan fingerprint density at radius 2 is 1.50 bits per heavy atom. The summed E-state index contributed by atoms with van der Waals surface area (Å²) < 4.78 is 0. The summed E-state index contributed by atoms with van der Waals surface area (Å²) in [6.07, 6.45) is 11.6. The maximum Gasteiger partial charge on any atom is 0.261 e. The zero-order valence-corrected chi connectivity index (χ0v) is 12.0. The number of nitrogens with one attached hydrogen (secondary N) is 1. The number of amides is 1. The number of carbonyl (C=O) groups excluding carboxylic acids is 1. The lowest BCUT2D eigenvalue weighted by Crippen LogP contribution is -2.25. The Morgan fingerprint density at radius 1 is 0.950 bits per heavy atom. The quantitative estimate of drug-likeness (QED) is 0.827. The van der Waals surface area contributed by atoms with Crippen LogP contribution in [0.2, 0.25) is 0 Å². The lowest BCUT2D eigenvalue weighted by molar-refractivity contribution is 0.0998. The van der Waals surface area contributed by atoms with Gasteiger partial charge in [0.1, 0.15) is 5.56 Å². The van der Waals surface area contributed by atoms with Crippen LogP contribution in [0, 0.1) is 0 Å². The number of fused-ring (bicyclic) bond motifs is 1. The molecule has 110 valence electrons. The normalized spacial score (nSPS) is 17.6. The maximum atomic E-state index is 11.9. The van der Waals surface area contributed by atoms with Gasteiger partial charge in [-0.05, 0) is 37.3 Å². The number of nitrogens with two attached hydrogens (primary N) is 1. The van der Waals surface area contributed by atoms with Gasteiger partial charge in [0.05, 0.1) is 0 Å². The van der Waals surface area contributed by atoms with E-state index >= 15 is 0 Å². The first-order valence-electron chi connectivity index (χ1n) is 7.73. The van der Waals surface area contributed by atoms with Crippen LogP contribution in [0.15, 0.2) is 10.9 Å². The minimum absolute atomic E-state index is 0.0934.